The van der Waals surface area contributed by atoms with Crippen LogP contribution in [0.4, 0.5) is 5.69 Å². The Hall–Kier alpha value is -3.48. The highest BCUT2D eigenvalue weighted by molar-refractivity contribution is 6.20. The molecular weight excluding hydrogens is 372 g/mol. The summed E-state index contributed by atoms with van der Waals surface area (Å²) in [5.41, 5.74) is 1.06. The number of anilines is 1. The first kappa shape index (κ1) is 18.9. The van der Waals surface area contributed by atoms with Crippen LogP contribution in [0.2, 0.25) is 0 Å². The first-order chi connectivity index (χ1) is 14.0. The Morgan fingerprint density at radius 2 is 1.66 bits per heavy atom. The van der Waals surface area contributed by atoms with E-state index >= 15 is 0 Å². The van der Waals surface area contributed by atoms with Gasteiger partial charge in [-0.1, -0.05) is 36.4 Å². The summed E-state index contributed by atoms with van der Waals surface area (Å²) in [7, 11) is 0. The number of ether oxygens (including phenoxy) is 1. The number of nitrogens with one attached hydrogen (secondary N) is 1. The van der Waals surface area contributed by atoms with Crippen molar-refractivity contribution in [3.63, 3.8) is 0 Å². The molecule has 0 aromatic heterocycles. The predicted molar refractivity (Wildman–Crippen MR) is 104 cm³/mol. The molecule has 1 N–H and O–H groups in total. The van der Waals surface area contributed by atoms with Gasteiger partial charge in [0, 0.05) is 24.4 Å². The van der Waals surface area contributed by atoms with Crippen molar-refractivity contribution in [3.8, 4) is 0 Å². The van der Waals surface area contributed by atoms with Gasteiger partial charge in [0.2, 0.25) is 17.9 Å². The Morgan fingerprint density at radius 1 is 0.966 bits per heavy atom. The van der Waals surface area contributed by atoms with Crippen molar-refractivity contribution in [2.45, 2.75) is 37.8 Å². The van der Waals surface area contributed by atoms with Crippen molar-refractivity contribution in [1.82, 2.24) is 5.32 Å². The Balaban J connectivity index is 1.56. The molecule has 2 aromatic carbocycles. The van der Waals surface area contributed by atoms with E-state index in [1.54, 1.807) is 36.4 Å². The molecule has 1 heterocycles. The second-order valence-electron chi connectivity index (χ2n) is 7.15. The lowest BCUT2D eigenvalue weighted by atomic mass is 10.1. The van der Waals surface area contributed by atoms with Gasteiger partial charge in [-0.25, -0.2) is 4.79 Å². The van der Waals surface area contributed by atoms with E-state index in [1.165, 1.54) is 12.1 Å². The van der Waals surface area contributed by atoms with E-state index < -0.39 is 12.1 Å². The number of carbonyl (C=O) groups excluding carboxylic acids is 4. The summed E-state index contributed by atoms with van der Waals surface area (Å²) in [4.78, 5) is 50.4. The molecule has 3 amide bonds. The van der Waals surface area contributed by atoms with Gasteiger partial charge in [0.1, 0.15) is 0 Å². The minimum absolute atomic E-state index is 0.128. The van der Waals surface area contributed by atoms with Crippen LogP contribution >= 0.6 is 0 Å². The Morgan fingerprint density at radius 3 is 2.31 bits per heavy atom. The maximum Gasteiger partial charge on any atom is 0.339 e. The van der Waals surface area contributed by atoms with Crippen molar-refractivity contribution in [1.29, 1.82) is 0 Å². The van der Waals surface area contributed by atoms with Crippen LogP contribution < -0.4 is 10.2 Å². The monoisotopic (exact) mass is 392 g/mol. The highest BCUT2D eigenvalue weighted by Gasteiger charge is 2.32. The number of nitrogens with zero attached hydrogens (tertiary/aromatic N) is 1. The van der Waals surface area contributed by atoms with E-state index in [1.807, 2.05) is 6.07 Å². The summed E-state index contributed by atoms with van der Waals surface area (Å²) in [6.07, 6.45) is 1.07. The predicted octanol–water partition coefficient (Wildman–Crippen LogP) is 2.52. The smallest absolute Gasteiger partial charge is 0.339 e. The van der Waals surface area contributed by atoms with Crippen LogP contribution in [0.15, 0.2) is 54.6 Å². The van der Waals surface area contributed by atoms with Crippen molar-refractivity contribution >= 4 is 29.4 Å². The Kier molecular flexibility index (Phi) is 5.12. The fourth-order valence-electron chi connectivity index (χ4n) is 3.22. The number of benzene rings is 2. The molecule has 29 heavy (non-hydrogen) atoms. The molecule has 7 nitrogen and oxygen atoms in total. The molecule has 0 spiro atoms. The van der Waals surface area contributed by atoms with Gasteiger partial charge < -0.3 is 10.1 Å². The normalized spacial score (nSPS) is 17.2. The lowest BCUT2D eigenvalue weighted by Gasteiger charge is -2.19. The molecule has 4 rings (SSSR count). The summed E-state index contributed by atoms with van der Waals surface area (Å²) < 4.78 is 5.55. The molecule has 1 atom stereocenters. The number of hydrogen-bond acceptors (Lipinski definition) is 5. The molecule has 1 saturated heterocycles. The number of amides is 3. The zero-order valence-electron chi connectivity index (χ0n) is 15.7. The largest absolute Gasteiger partial charge is 0.444 e. The van der Waals surface area contributed by atoms with Crippen LogP contribution in [0.1, 0.15) is 47.7 Å². The van der Waals surface area contributed by atoms with E-state index in [0.29, 0.717) is 11.3 Å². The average molecular weight is 392 g/mol. The summed E-state index contributed by atoms with van der Waals surface area (Å²) >= 11 is 0. The second kappa shape index (κ2) is 7.87. The fraction of sp³-hybridized carbons (Fsp3) is 0.273. The van der Waals surface area contributed by atoms with Crippen molar-refractivity contribution in [2.75, 3.05) is 4.90 Å². The fourth-order valence-corrected chi connectivity index (χ4v) is 3.22. The van der Waals surface area contributed by atoms with E-state index in [4.69, 9.17) is 4.74 Å². The zero-order valence-corrected chi connectivity index (χ0v) is 15.7. The molecule has 2 aliphatic rings. The van der Waals surface area contributed by atoms with Crippen LogP contribution in [0.3, 0.4) is 0 Å². The summed E-state index contributed by atoms with van der Waals surface area (Å²) in [6, 6.07) is 15.1. The SMILES string of the molecule is O=C(OC(C(=O)NC1CC1)c1ccccc1)c1cccc(N2C(=O)CCC2=O)c1. The Bertz CT molecular complexity index is 952. The van der Waals surface area contributed by atoms with E-state index in [9.17, 15) is 19.2 Å². The quantitative estimate of drug-likeness (QED) is 0.602. The molecule has 1 aliphatic carbocycles. The van der Waals surface area contributed by atoms with Gasteiger partial charge >= 0.3 is 5.97 Å². The molecule has 2 aromatic rings. The molecule has 1 unspecified atom stereocenters. The third kappa shape index (κ3) is 4.18. The highest BCUT2D eigenvalue weighted by Crippen LogP contribution is 2.26. The van der Waals surface area contributed by atoms with Crippen LogP contribution in [0, 0.1) is 0 Å². The van der Waals surface area contributed by atoms with Crippen molar-refractivity contribution in [2.24, 2.45) is 0 Å². The van der Waals surface area contributed by atoms with Crippen molar-refractivity contribution in [3.05, 3.63) is 65.7 Å². The van der Waals surface area contributed by atoms with E-state index in [0.717, 1.165) is 17.7 Å². The van der Waals surface area contributed by atoms with Gasteiger partial charge in [-0.2, -0.15) is 0 Å². The van der Waals surface area contributed by atoms with Gasteiger partial charge in [-0.05, 0) is 31.0 Å². The zero-order chi connectivity index (χ0) is 20.4. The van der Waals surface area contributed by atoms with Crippen LogP contribution in [0.5, 0.6) is 0 Å². The number of carbonyl (C=O) groups is 4. The topological polar surface area (TPSA) is 92.8 Å². The highest BCUT2D eigenvalue weighted by atomic mass is 16.5. The van der Waals surface area contributed by atoms with Crippen LogP contribution in [-0.2, 0) is 19.1 Å². The van der Waals surface area contributed by atoms with Crippen molar-refractivity contribution < 1.29 is 23.9 Å². The second-order valence-corrected chi connectivity index (χ2v) is 7.15. The lowest BCUT2D eigenvalue weighted by Crippen LogP contribution is -2.33. The summed E-state index contributed by atoms with van der Waals surface area (Å²) in [6.45, 7) is 0. The number of rotatable bonds is 6. The summed E-state index contributed by atoms with van der Waals surface area (Å²) in [5.74, 6) is -1.67. The third-order valence-corrected chi connectivity index (χ3v) is 4.88. The lowest BCUT2D eigenvalue weighted by molar-refractivity contribution is -0.130. The molecule has 148 valence electrons. The molecule has 2 fully saturated rings. The van der Waals surface area contributed by atoms with Gasteiger partial charge in [-0.3, -0.25) is 19.3 Å². The number of hydrogen-bond donors (Lipinski definition) is 1. The van der Waals surface area contributed by atoms with Gasteiger partial charge in [0.15, 0.2) is 0 Å². The van der Waals surface area contributed by atoms with E-state index in [2.05, 4.69) is 5.32 Å². The maximum absolute atomic E-state index is 12.8. The molecule has 0 bridgehead atoms. The number of esters is 1. The first-order valence-electron chi connectivity index (χ1n) is 9.55. The standard InChI is InChI=1S/C22H20N2O5/c25-18-11-12-19(26)24(18)17-8-4-7-15(13-17)22(28)29-20(14-5-2-1-3-6-14)21(27)23-16-9-10-16/h1-8,13,16,20H,9-12H2,(H,23,27). The molecule has 1 aliphatic heterocycles. The van der Waals surface area contributed by atoms with Crippen LogP contribution in [0.25, 0.3) is 0 Å². The van der Waals surface area contributed by atoms with Crippen LogP contribution in [-0.4, -0.2) is 29.7 Å². The number of imide groups is 1. The van der Waals surface area contributed by atoms with Gasteiger partial charge in [-0.15, -0.1) is 0 Å². The minimum atomic E-state index is -1.08. The first-order valence-corrected chi connectivity index (χ1v) is 9.55. The minimum Gasteiger partial charge on any atom is -0.444 e. The molecule has 7 heteroatoms. The molecule has 0 radical (unpaired) electrons. The third-order valence-electron chi connectivity index (χ3n) is 4.88. The average Bonchev–Trinajstić information content (AvgIpc) is 3.48. The maximum atomic E-state index is 12.8. The molecular formula is C22H20N2O5. The van der Waals surface area contributed by atoms with E-state index in [-0.39, 0.29) is 42.2 Å². The molecule has 1 saturated carbocycles. The Labute approximate surface area is 167 Å². The van der Waals surface area contributed by atoms with Gasteiger partial charge in [0.25, 0.3) is 5.91 Å². The summed E-state index contributed by atoms with van der Waals surface area (Å²) in [5, 5.41) is 2.86. The van der Waals surface area contributed by atoms with Gasteiger partial charge in [0.05, 0.1) is 11.3 Å².